The molecule has 0 amide bonds. The first-order valence-corrected chi connectivity index (χ1v) is 14.9. The van der Waals surface area contributed by atoms with Crippen LogP contribution in [-0.2, 0) is 0 Å². The monoisotopic (exact) mass is 482 g/mol. The Balaban J connectivity index is 1.43. The van der Waals surface area contributed by atoms with E-state index in [-0.39, 0.29) is 0 Å². The Labute approximate surface area is 206 Å². The first kappa shape index (κ1) is 23.4. The van der Waals surface area contributed by atoms with Gasteiger partial charge in [-0.25, -0.2) is 0 Å². The molecule has 0 saturated heterocycles. The average Bonchev–Trinajstić information content (AvgIpc) is 2.93. The minimum atomic E-state index is -0.617. The van der Waals surface area contributed by atoms with Crippen molar-refractivity contribution >= 4 is 37.4 Å². The van der Waals surface area contributed by atoms with Gasteiger partial charge in [-0.15, -0.1) is 0 Å². The van der Waals surface area contributed by atoms with E-state index >= 15 is 0 Å². The molecule has 1 saturated carbocycles. The molecule has 2 atom stereocenters. The number of benzene rings is 4. The van der Waals surface area contributed by atoms with Crippen LogP contribution >= 0.6 is 16.1 Å². The third-order valence-electron chi connectivity index (χ3n) is 6.41. The average molecular weight is 483 g/mol. The van der Waals surface area contributed by atoms with Gasteiger partial charge in [0.05, 0.1) is 0 Å². The summed E-state index contributed by atoms with van der Waals surface area (Å²) in [7, 11) is -1.23. The van der Waals surface area contributed by atoms with Crippen molar-refractivity contribution in [1.82, 2.24) is 10.2 Å². The minimum absolute atomic E-state index is 0.442. The van der Waals surface area contributed by atoms with Crippen LogP contribution in [0.15, 0.2) is 121 Å². The number of hydrogen-bond acceptors (Lipinski definition) is 2. The summed E-state index contributed by atoms with van der Waals surface area (Å²) < 4.78 is 0. The third-order valence-corrected chi connectivity index (χ3v) is 10.9. The van der Waals surface area contributed by atoms with Crippen molar-refractivity contribution in [3.63, 3.8) is 0 Å². The van der Waals surface area contributed by atoms with E-state index in [9.17, 15) is 0 Å². The molecule has 0 radical (unpaired) electrons. The lowest BCUT2D eigenvalue weighted by atomic mass is 9.92. The standard InChI is InChI=1S/C30H32N2P2/c1-5-15-25(16-6-1)33(26-17-7-2-8-18-26)31-29-23-13-14-24-30(29)32-34(27-19-9-3-10-20-27)28-21-11-4-12-22-28/h1-12,15-22,29-32H,13-14,23-24H2/t29-,30-/m1/s1. The maximum absolute atomic E-state index is 4.16. The SMILES string of the molecule is c1ccc(P(N[C@@H]2CCCC[C@H]2NP(c2ccccc2)c2ccccc2)c2ccccc2)cc1. The second kappa shape index (κ2) is 11.9. The Kier molecular flexibility index (Phi) is 8.17. The summed E-state index contributed by atoms with van der Waals surface area (Å²) in [6, 6.07) is 44.8. The molecule has 1 aliphatic carbocycles. The molecule has 0 spiro atoms. The highest BCUT2D eigenvalue weighted by atomic mass is 31.1. The maximum atomic E-state index is 4.16. The van der Waals surface area contributed by atoms with Gasteiger partial charge in [-0.1, -0.05) is 134 Å². The van der Waals surface area contributed by atoms with Gasteiger partial charge in [-0.3, -0.25) is 10.2 Å². The van der Waals surface area contributed by atoms with Gasteiger partial charge in [-0.2, -0.15) is 0 Å². The number of nitrogens with one attached hydrogen (secondary N) is 2. The van der Waals surface area contributed by atoms with Crippen molar-refractivity contribution in [3.8, 4) is 0 Å². The summed E-state index contributed by atoms with van der Waals surface area (Å²) in [6.07, 6.45) is 5.00. The van der Waals surface area contributed by atoms with Crippen molar-refractivity contribution in [1.29, 1.82) is 0 Å². The van der Waals surface area contributed by atoms with Crippen molar-refractivity contribution in [2.45, 2.75) is 37.8 Å². The number of rotatable bonds is 8. The van der Waals surface area contributed by atoms with Crippen LogP contribution in [0.3, 0.4) is 0 Å². The van der Waals surface area contributed by atoms with E-state index in [2.05, 4.69) is 132 Å². The molecule has 4 aromatic carbocycles. The lowest BCUT2D eigenvalue weighted by molar-refractivity contribution is 0.351. The smallest absolute Gasteiger partial charge is 0.0266 e. The Morgan fingerprint density at radius 1 is 0.412 bits per heavy atom. The molecule has 0 bridgehead atoms. The van der Waals surface area contributed by atoms with Crippen LogP contribution < -0.4 is 31.4 Å². The highest BCUT2D eigenvalue weighted by Crippen LogP contribution is 2.36. The van der Waals surface area contributed by atoms with Gasteiger partial charge in [0.15, 0.2) is 0 Å². The molecule has 34 heavy (non-hydrogen) atoms. The van der Waals surface area contributed by atoms with Crippen LogP contribution in [0.1, 0.15) is 25.7 Å². The predicted molar refractivity (Wildman–Crippen MR) is 150 cm³/mol. The van der Waals surface area contributed by atoms with Gasteiger partial charge in [0.1, 0.15) is 0 Å². The van der Waals surface area contributed by atoms with E-state index < -0.39 is 16.1 Å². The van der Waals surface area contributed by atoms with Crippen molar-refractivity contribution in [2.75, 3.05) is 0 Å². The first-order valence-electron chi connectivity index (χ1n) is 12.2. The molecule has 4 aromatic rings. The quantitative estimate of drug-likeness (QED) is 0.321. The summed E-state index contributed by atoms with van der Waals surface area (Å²) in [5, 5.41) is 13.9. The molecule has 1 aliphatic rings. The molecule has 2 N–H and O–H groups in total. The van der Waals surface area contributed by atoms with E-state index in [1.54, 1.807) is 0 Å². The van der Waals surface area contributed by atoms with Crippen molar-refractivity contribution in [2.24, 2.45) is 0 Å². The Morgan fingerprint density at radius 3 is 0.941 bits per heavy atom. The Hall–Kier alpha value is -2.34. The molecule has 4 heteroatoms. The van der Waals surface area contributed by atoms with Crippen LogP contribution in [0.5, 0.6) is 0 Å². The molecule has 0 aliphatic heterocycles. The first-order chi connectivity index (χ1) is 16.9. The summed E-state index contributed by atoms with van der Waals surface area (Å²) in [5.41, 5.74) is 0. The molecular formula is C30H32N2P2. The molecule has 0 aromatic heterocycles. The maximum Gasteiger partial charge on any atom is 0.0266 e. The van der Waals surface area contributed by atoms with Crippen molar-refractivity contribution < 1.29 is 0 Å². The minimum Gasteiger partial charge on any atom is -0.284 e. The van der Waals surface area contributed by atoms with Crippen LogP contribution in [0.2, 0.25) is 0 Å². The molecular weight excluding hydrogens is 450 g/mol. The summed E-state index contributed by atoms with van der Waals surface area (Å²) in [5.74, 6) is 0. The fourth-order valence-corrected chi connectivity index (χ4v) is 9.03. The van der Waals surface area contributed by atoms with E-state index in [1.165, 1.54) is 46.9 Å². The molecule has 2 nitrogen and oxygen atoms in total. The zero-order valence-electron chi connectivity index (χ0n) is 19.4. The Morgan fingerprint density at radius 2 is 0.676 bits per heavy atom. The fraction of sp³-hybridized carbons (Fsp3) is 0.200. The van der Waals surface area contributed by atoms with Crippen LogP contribution in [0.4, 0.5) is 0 Å². The van der Waals surface area contributed by atoms with Crippen molar-refractivity contribution in [3.05, 3.63) is 121 Å². The molecule has 1 fully saturated rings. The zero-order valence-corrected chi connectivity index (χ0v) is 21.2. The number of hydrogen-bond donors (Lipinski definition) is 2. The van der Waals surface area contributed by atoms with Crippen LogP contribution in [0, 0.1) is 0 Å². The summed E-state index contributed by atoms with van der Waals surface area (Å²) >= 11 is 0. The van der Waals surface area contributed by atoms with E-state index in [0.29, 0.717) is 12.1 Å². The Bertz CT molecular complexity index is 952. The fourth-order valence-electron chi connectivity index (χ4n) is 4.68. The van der Waals surface area contributed by atoms with E-state index in [1.807, 2.05) is 0 Å². The lowest BCUT2D eigenvalue weighted by Gasteiger charge is -2.38. The topological polar surface area (TPSA) is 24.1 Å². The molecule has 0 heterocycles. The second-order valence-electron chi connectivity index (χ2n) is 8.77. The van der Waals surface area contributed by atoms with Crippen LogP contribution in [-0.4, -0.2) is 12.1 Å². The normalized spacial score (nSPS) is 18.3. The van der Waals surface area contributed by atoms with Gasteiger partial charge in [0, 0.05) is 28.2 Å². The highest BCUT2D eigenvalue weighted by molar-refractivity contribution is 7.71. The van der Waals surface area contributed by atoms with Crippen LogP contribution in [0.25, 0.3) is 0 Å². The van der Waals surface area contributed by atoms with Gasteiger partial charge in [0.2, 0.25) is 0 Å². The molecule has 5 rings (SSSR count). The highest BCUT2D eigenvalue weighted by Gasteiger charge is 2.30. The zero-order chi connectivity index (χ0) is 23.0. The van der Waals surface area contributed by atoms with E-state index in [0.717, 1.165) is 0 Å². The van der Waals surface area contributed by atoms with E-state index in [4.69, 9.17) is 0 Å². The molecule has 172 valence electrons. The predicted octanol–water partition coefficient (Wildman–Crippen LogP) is 5.57. The van der Waals surface area contributed by atoms with Gasteiger partial charge in [-0.05, 0) is 34.1 Å². The largest absolute Gasteiger partial charge is 0.284 e. The molecule has 0 unspecified atom stereocenters. The van der Waals surface area contributed by atoms with Gasteiger partial charge < -0.3 is 0 Å². The second-order valence-corrected chi connectivity index (χ2v) is 12.7. The lowest BCUT2D eigenvalue weighted by Crippen LogP contribution is -2.49. The third kappa shape index (κ3) is 5.83. The summed E-state index contributed by atoms with van der Waals surface area (Å²) in [4.78, 5) is 0. The summed E-state index contributed by atoms with van der Waals surface area (Å²) in [6.45, 7) is 0. The van der Waals surface area contributed by atoms with Gasteiger partial charge in [0.25, 0.3) is 0 Å². The van der Waals surface area contributed by atoms with Gasteiger partial charge >= 0.3 is 0 Å².